The van der Waals surface area contributed by atoms with E-state index < -0.39 is 11.9 Å². The van der Waals surface area contributed by atoms with Gasteiger partial charge in [-0.2, -0.15) is 0 Å². The van der Waals surface area contributed by atoms with Crippen molar-refractivity contribution in [1.82, 2.24) is 0 Å². The zero-order valence-electron chi connectivity index (χ0n) is 11.1. The van der Waals surface area contributed by atoms with Crippen molar-refractivity contribution >= 4 is 75.7 Å². The van der Waals surface area contributed by atoms with Crippen molar-refractivity contribution in [3.8, 4) is 0 Å². The van der Waals surface area contributed by atoms with E-state index in [1.165, 1.54) is 0 Å². The molecule has 0 unspecified atom stereocenters. The number of esters is 2. The molecular weight excluding hydrogens is 552 g/mol. The topological polar surface area (TPSA) is 52.6 Å². The van der Waals surface area contributed by atoms with Crippen LogP contribution in [0.2, 0.25) is 0 Å². The first-order chi connectivity index (χ1) is 10.3. The molecule has 0 saturated heterocycles. The summed E-state index contributed by atoms with van der Waals surface area (Å²) in [5, 5.41) is 0. The van der Waals surface area contributed by atoms with Crippen molar-refractivity contribution < 1.29 is 19.1 Å². The van der Waals surface area contributed by atoms with Crippen LogP contribution in [0, 0.1) is 0 Å². The Kier molecular flexibility index (Phi) is 8.02. The summed E-state index contributed by atoms with van der Waals surface area (Å²) < 4.78 is 12.9. The Morgan fingerprint density at radius 2 is 1.14 bits per heavy atom. The fourth-order valence-corrected chi connectivity index (χ4v) is 4.32. The van der Waals surface area contributed by atoms with Crippen molar-refractivity contribution in [2.24, 2.45) is 0 Å². The average Bonchev–Trinajstić information content (AvgIpc) is 2.51. The highest BCUT2D eigenvalue weighted by atomic mass is 79.9. The van der Waals surface area contributed by atoms with Crippen LogP contribution in [-0.2, 0) is 32.3 Å². The lowest BCUT2D eigenvalue weighted by Gasteiger charge is -2.16. The lowest BCUT2D eigenvalue weighted by atomic mass is 10.1. The van der Waals surface area contributed by atoms with Gasteiger partial charge in [0, 0.05) is 41.2 Å². The number of benzene rings is 1. The Labute approximate surface area is 161 Å². The first-order valence-electron chi connectivity index (χ1n) is 5.75. The lowest BCUT2D eigenvalue weighted by Crippen LogP contribution is -2.06. The maximum absolute atomic E-state index is 11.2. The molecule has 1 rings (SSSR count). The highest BCUT2D eigenvalue weighted by Gasteiger charge is 2.20. The first-order valence-corrected chi connectivity index (χ1v) is 8.92. The van der Waals surface area contributed by atoms with E-state index >= 15 is 0 Å². The summed E-state index contributed by atoms with van der Waals surface area (Å²) in [7, 11) is 0. The van der Waals surface area contributed by atoms with E-state index in [0.717, 1.165) is 12.2 Å². The van der Waals surface area contributed by atoms with Gasteiger partial charge in [-0.05, 0) is 63.7 Å². The number of hydrogen-bond donors (Lipinski definition) is 0. The molecule has 0 aliphatic carbocycles. The Hall–Kier alpha value is -0.440. The van der Waals surface area contributed by atoms with Gasteiger partial charge < -0.3 is 9.47 Å². The molecule has 118 valence electrons. The number of carbonyl (C=O) groups excluding carboxylic acids is 2. The van der Waals surface area contributed by atoms with E-state index in [4.69, 9.17) is 9.47 Å². The summed E-state index contributed by atoms with van der Waals surface area (Å²) >= 11 is 13.7. The monoisotopic (exact) mass is 558 g/mol. The van der Waals surface area contributed by atoms with Gasteiger partial charge in [-0.3, -0.25) is 0 Å². The van der Waals surface area contributed by atoms with Gasteiger partial charge in [0.2, 0.25) is 0 Å². The van der Waals surface area contributed by atoms with E-state index in [1.807, 2.05) is 0 Å². The van der Waals surface area contributed by atoms with Gasteiger partial charge in [-0.1, -0.05) is 13.2 Å². The highest BCUT2D eigenvalue weighted by molar-refractivity contribution is 9.14. The molecule has 0 aliphatic heterocycles. The van der Waals surface area contributed by atoms with E-state index in [-0.39, 0.29) is 13.2 Å². The zero-order valence-corrected chi connectivity index (χ0v) is 17.5. The Morgan fingerprint density at radius 3 is 1.45 bits per heavy atom. The van der Waals surface area contributed by atoms with Crippen LogP contribution in [0.5, 0.6) is 0 Å². The summed E-state index contributed by atoms with van der Waals surface area (Å²) in [6, 6.07) is 0. The molecule has 0 fully saturated rings. The molecule has 1 aromatic carbocycles. The highest BCUT2D eigenvalue weighted by Crippen LogP contribution is 2.42. The van der Waals surface area contributed by atoms with E-state index in [0.29, 0.717) is 29.0 Å². The normalized spacial score (nSPS) is 10.0. The third kappa shape index (κ3) is 4.78. The number of hydrogen-bond acceptors (Lipinski definition) is 4. The van der Waals surface area contributed by atoms with Gasteiger partial charge >= 0.3 is 11.9 Å². The molecule has 0 atom stereocenters. The van der Waals surface area contributed by atoms with Crippen molar-refractivity contribution in [2.45, 2.75) is 13.2 Å². The molecule has 0 N–H and O–H groups in total. The van der Waals surface area contributed by atoms with Gasteiger partial charge in [0.05, 0.1) is 0 Å². The predicted octanol–water partition coefficient (Wildman–Crippen LogP) is 5.20. The van der Waals surface area contributed by atoms with Gasteiger partial charge in [0.1, 0.15) is 13.2 Å². The maximum Gasteiger partial charge on any atom is 0.330 e. The minimum atomic E-state index is -0.530. The molecule has 4 nitrogen and oxygen atoms in total. The van der Waals surface area contributed by atoms with Gasteiger partial charge in [-0.15, -0.1) is 0 Å². The first kappa shape index (κ1) is 19.6. The molecule has 0 spiro atoms. The van der Waals surface area contributed by atoms with Crippen LogP contribution in [-0.4, -0.2) is 11.9 Å². The fraction of sp³-hybridized carbons (Fsp3) is 0.143. The maximum atomic E-state index is 11.2. The molecule has 0 bridgehead atoms. The summed E-state index contributed by atoms with van der Waals surface area (Å²) in [4.78, 5) is 22.5. The van der Waals surface area contributed by atoms with Gasteiger partial charge in [-0.25, -0.2) is 9.59 Å². The predicted molar refractivity (Wildman–Crippen MR) is 97.2 cm³/mol. The third-order valence-electron chi connectivity index (χ3n) is 2.50. The van der Waals surface area contributed by atoms with Gasteiger partial charge in [0.15, 0.2) is 0 Å². The second-order valence-corrected chi connectivity index (χ2v) is 7.01. The summed E-state index contributed by atoms with van der Waals surface area (Å²) in [5.41, 5.74) is 1.38. The van der Waals surface area contributed by atoms with Crippen molar-refractivity contribution in [1.29, 1.82) is 0 Å². The average molecular weight is 562 g/mol. The van der Waals surface area contributed by atoms with Crippen LogP contribution >= 0.6 is 63.7 Å². The van der Waals surface area contributed by atoms with Crippen LogP contribution < -0.4 is 0 Å². The van der Waals surface area contributed by atoms with Crippen LogP contribution in [0.3, 0.4) is 0 Å². The van der Waals surface area contributed by atoms with Crippen molar-refractivity contribution in [3.05, 3.63) is 54.3 Å². The zero-order chi connectivity index (χ0) is 16.9. The van der Waals surface area contributed by atoms with Gasteiger partial charge in [0.25, 0.3) is 0 Å². The molecule has 22 heavy (non-hydrogen) atoms. The van der Waals surface area contributed by atoms with Crippen LogP contribution in [0.1, 0.15) is 11.1 Å². The van der Waals surface area contributed by atoms with E-state index in [1.54, 1.807) is 0 Å². The standard InChI is InChI=1S/C14H10Br4O4/c1-3-9(19)21-5-7-11(15)8(6-22-10(20)4-2)13(17)14(18)12(7)16/h3-4H,1-2,5-6H2. The summed E-state index contributed by atoms with van der Waals surface area (Å²) in [5.74, 6) is -1.06. The fourth-order valence-electron chi connectivity index (χ4n) is 1.39. The minimum Gasteiger partial charge on any atom is -0.458 e. The van der Waals surface area contributed by atoms with Crippen molar-refractivity contribution in [2.75, 3.05) is 0 Å². The largest absolute Gasteiger partial charge is 0.458 e. The molecule has 0 radical (unpaired) electrons. The molecule has 0 aromatic heterocycles. The summed E-state index contributed by atoms with van der Waals surface area (Å²) in [6.07, 6.45) is 2.17. The number of ether oxygens (including phenoxy) is 2. The van der Waals surface area contributed by atoms with Crippen LogP contribution in [0.4, 0.5) is 0 Å². The van der Waals surface area contributed by atoms with E-state index in [2.05, 4.69) is 76.9 Å². The Bertz CT molecular complexity index is 589. The Balaban J connectivity index is 3.19. The Morgan fingerprint density at radius 1 is 0.773 bits per heavy atom. The third-order valence-corrected chi connectivity index (χ3v) is 7.06. The molecule has 8 heteroatoms. The quantitative estimate of drug-likeness (QED) is 0.208. The minimum absolute atomic E-state index is 0.0281. The second kappa shape index (κ2) is 9.00. The molecule has 1 aromatic rings. The molecular formula is C14H10Br4O4. The molecule has 0 heterocycles. The second-order valence-electron chi connectivity index (χ2n) is 3.84. The van der Waals surface area contributed by atoms with E-state index in [9.17, 15) is 9.59 Å². The summed E-state index contributed by atoms with van der Waals surface area (Å²) in [6.45, 7) is 6.74. The number of carbonyl (C=O) groups is 2. The molecule has 0 aliphatic rings. The number of halogens is 4. The smallest absolute Gasteiger partial charge is 0.330 e. The number of rotatable bonds is 6. The molecule has 0 saturated carbocycles. The van der Waals surface area contributed by atoms with Crippen LogP contribution in [0.15, 0.2) is 43.2 Å². The van der Waals surface area contributed by atoms with Crippen LogP contribution in [0.25, 0.3) is 0 Å². The van der Waals surface area contributed by atoms with Crippen molar-refractivity contribution in [3.63, 3.8) is 0 Å². The molecule has 0 amide bonds. The lowest BCUT2D eigenvalue weighted by molar-refractivity contribution is -0.139. The SMILES string of the molecule is C=CC(=O)OCc1c(Br)c(Br)c(Br)c(COC(=O)C=C)c1Br.